The molecule has 0 unspecified atom stereocenters. The van der Waals surface area contributed by atoms with Crippen LogP contribution in [0.2, 0.25) is 0 Å². The molecule has 5 nitrogen and oxygen atoms in total. The fourth-order valence-electron chi connectivity index (χ4n) is 2.78. The highest BCUT2D eigenvalue weighted by Crippen LogP contribution is 2.24. The van der Waals surface area contributed by atoms with Crippen LogP contribution in [0.5, 0.6) is 5.88 Å². The van der Waals surface area contributed by atoms with Crippen LogP contribution in [0.1, 0.15) is 36.6 Å². The summed E-state index contributed by atoms with van der Waals surface area (Å²) in [7, 11) is 1.96. The Labute approximate surface area is 142 Å². The summed E-state index contributed by atoms with van der Waals surface area (Å²) in [6.07, 6.45) is 1.48. The Bertz CT molecular complexity index is 756. The quantitative estimate of drug-likeness (QED) is 0.913. The molecule has 0 fully saturated rings. The monoisotopic (exact) mass is 325 g/mol. The first kappa shape index (κ1) is 16.5. The molecule has 5 heteroatoms. The van der Waals surface area contributed by atoms with Crippen LogP contribution in [0.3, 0.4) is 0 Å². The molecule has 0 saturated heterocycles. The molecule has 0 aliphatic carbocycles. The van der Waals surface area contributed by atoms with Crippen molar-refractivity contribution < 1.29 is 9.84 Å². The Kier molecular flexibility index (Phi) is 4.81. The number of aromatic nitrogens is 2. The van der Waals surface area contributed by atoms with Gasteiger partial charge in [-0.2, -0.15) is 0 Å². The third kappa shape index (κ3) is 3.74. The first-order valence-corrected chi connectivity index (χ1v) is 8.16. The highest BCUT2D eigenvalue weighted by molar-refractivity contribution is 5.68. The van der Waals surface area contributed by atoms with Crippen molar-refractivity contribution in [2.24, 2.45) is 0 Å². The van der Waals surface area contributed by atoms with Crippen molar-refractivity contribution in [2.75, 3.05) is 20.1 Å². The molecular formula is C19H23N3O2. The van der Waals surface area contributed by atoms with Crippen LogP contribution in [0.25, 0.3) is 5.57 Å². The van der Waals surface area contributed by atoms with Gasteiger partial charge in [0.2, 0.25) is 5.88 Å². The molecule has 126 valence electrons. The molecule has 1 aromatic carbocycles. The molecule has 0 atom stereocenters. The van der Waals surface area contributed by atoms with Crippen LogP contribution in [-0.4, -0.2) is 40.1 Å². The van der Waals surface area contributed by atoms with Crippen molar-refractivity contribution >= 4 is 5.57 Å². The molecule has 2 aromatic rings. The molecule has 1 aromatic heterocycles. The van der Waals surface area contributed by atoms with Gasteiger partial charge in [0.05, 0.1) is 12.2 Å². The summed E-state index contributed by atoms with van der Waals surface area (Å²) in [6.45, 7) is 6.04. The zero-order valence-corrected chi connectivity index (χ0v) is 14.4. The fourth-order valence-corrected chi connectivity index (χ4v) is 2.78. The van der Waals surface area contributed by atoms with E-state index in [1.807, 2.05) is 18.0 Å². The van der Waals surface area contributed by atoms with E-state index in [4.69, 9.17) is 4.74 Å². The number of likely N-dealkylation sites (N-methyl/N-ethyl adjacent to an activating group) is 1. The molecule has 3 rings (SSSR count). The van der Waals surface area contributed by atoms with E-state index in [2.05, 4.69) is 42.0 Å². The number of benzene rings is 1. The van der Waals surface area contributed by atoms with Gasteiger partial charge >= 0.3 is 0 Å². The lowest BCUT2D eigenvalue weighted by Crippen LogP contribution is -2.14. The first-order chi connectivity index (χ1) is 11.5. The molecule has 1 aliphatic heterocycles. The smallest absolute Gasteiger partial charge is 0.217 e. The SMILES string of the molecule is CC(C)c1cccc(COc2cc(C3=C(O)CN(C)C3)ncn2)c1. The van der Waals surface area contributed by atoms with Gasteiger partial charge in [0.1, 0.15) is 18.7 Å². The van der Waals surface area contributed by atoms with E-state index in [0.29, 0.717) is 37.3 Å². The van der Waals surface area contributed by atoms with Gasteiger partial charge < -0.3 is 9.84 Å². The normalized spacial score (nSPS) is 15.3. The van der Waals surface area contributed by atoms with Gasteiger partial charge in [-0.15, -0.1) is 0 Å². The lowest BCUT2D eigenvalue weighted by molar-refractivity contribution is 0.293. The molecular weight excluding hydrogens is 302 g/mol. The number of aliphatic hydroxyl groups excluding tert-OH is 1. The topological polar surface area (TPSA) is 58.5 Å². The number of hydrogen-bond donors (Lipinski definition) is 1. The second kappa shape index (κ2) is 7.01. The van der Waals surface area contributed by atoms with E-state index in [9.17, 15) is 5.11 Å². The van der Waals surface area contributed by atoms with E-state index in [0.717, 1.165) is 16.8 Å². The Hall–Kier alpha value is -2.40. The third-order valence-corrected chi connectivity index (χ3v) is 4.15. The highest BCUT2D eigenvalue weighted by atomic mass is 16.5. The van der Waals surface area contributed by atoms with Gasteiger partial charge in [-0.3, -0.25) is 4.90 Å². The minimum atomic E-state index is 0.367. The fraction of sp³-hybridized carbons (Fsp3) is 0.368. The Balaban J connectivity index is 1.72. The van der Waals surface area contributed by atoms with E-state index in [-0.39, 0.29) is 0 Å². The standard InChI is InChI=1S/C19H23N3O2/c1-13(2)15-6-4-5-14(7-15)11-24-19-8-17(20-12-21-19)16-9-22(3)10-18(16)23/h4-8,12-13,23H,9-11H2,1-3H3. The summed E-state index contributed by atoms with van der Waals surface area (Å²) < 4.78 is 5.82. The van der Waals surface area contributed by atoms with E-state index < -0.39 is 0 Å². The van der Waals surface area contributed by atoms with E-state index >= 15 is 0 Å². The van der Waals surface area contributed by atoms with Crippen molar-refractivity contribution in [1.82, 2.24) is 14.9 Å². The predicted octanol–water partition coefficient (Wildman–Crippen LogP) is 3.39. The molecule has 0 saturated carbocycles. The number of ether oxygens (including phenoxy) is 1. The van der Waals surface area contributed by atoms with Gasteiger partial charge in [0, 0.05) is 18.2 Å². The number of nitrogens with zero attached hydrogens (tertiary/aromatic N) is 3. The van der Waals surface area contributed by atoms with Crippen molar-refractivity contribution in [2.45, 2.75) is 26.4 Å². The molecule has 0 amide bonds. The van der Waals surface area contributed by atoms with Crippen molar-refractivity contribution in [1.29, 1.82) is 0 Å². The molecule has 0 spiro atoms. The summed E-state index contributed by atoms with van der Waals surface area (Å²) in [4.78, 5) is 10.5. The van der Waals surface area contributed by atoms with Gasteiger partial charge in [-0.05, 0) is 24.1 Å². The second-order valence-electron chi connectivity index (χ2n) is 6.53. The van der Waals surface area contributed by atoms with Crippen LogP contribution >= 0.6 is 0 Å². The van der Waals surface area contributed by atoms with E-state index in [1.54, 1.807) is 6.07 Å². The van der Waals surface area contributed by atoms with Gasteiger partial charge in [-0.1, -0.05) is 38.1 Å². The average Bonchev–Trinajstić information content (AvgIpc) is 2.92. The van der Waals surface area contributed by atoms with Gasteiger partial charge in [0.25, 0.3) is 0 Å². The van der Waals surface area contributed by atoms with E-state index in [1.165, 1.54) is 11.9 Å². The molecule has 0 bridgehead atoms. The molecule has 24 heavy (non-hydrogen) atoms. The second-order valence-corrected chi connectivity index (χ2v) is 6.53. The highest BCUT2D eigenvalue weighted by Gasteiger charge is 2.21. The van der Waals surface area contributed by atoms with Crippen LogP contribution in [-0.2, 0) is 6.61 Å². The lowest BCUT2D eigenvalue weighted by atomic mass is 10.0. The molecule has 2 heterocycles. The Morgan fingerprint density at radius 2 is 2.04 bits per heavy atom. The van der Waals surface area contributed by atoms with Gasteiger partial charge in [-0.25, -0.2) is 9.97 Å². The Morgan fingerprint density at radius 3 is 2.75 bits per heavy atom. The van der Waals surface area contributed by atoms with Crippen LogP contribution in [0, 0.1) is 0 Å². The maximum absolute atomic E-state index is 10.0. The summed E-state index contributed by atoms with van der Waals surface area (Å²) in [5.41, 5.74) is 3.97. The summed E-state index contributed by atoms with van der Waals surface area (Å²) >= 11 is 0. The summed E-state index contributed by atoms with van der Waals surface area (Å²) in [5.74, 6) is 1.38. The molecule has 1 aliphatic rings. The molecule has 1 N–H and O–H groups in total. The van der Waals surface area contributed by atoms with Crippen molar-refractivity contribution in [3.05, 3.63) is 59.2 Å². The first-order valence-electron chi connectivity index (χ1n) is 8.16. The van der Waals surface area contributed by atoms with Crippen LogP contribution < -0.4 is 4.74 Å². The molecule has 0 radical (unpaired) electrons. The predicted molar refractivity (Wildman–Crippen MR) is 93.9 cm³/mol. The summed E-state index contributed by atoms with van der Waals surface area (Å²) in [6, 6.07) is 10.2. The number of hydrogen-bond acceptors (Lipinski definition) is 5. The van der Waals surface area contributed by atoms with Crippen molar-refractivity contribution in [3.63, 3.8) is 0 Å². The Morgan fingerprint density at radius 1 is 1.21 bits per heavy atom. The number of rotatable bonds is 5. The van der Waals surface area contributed by atoms with Crippen molar-refractivity contribution in [3.8, 4) is 5.88 Å². The minimum absolute atomic E-state index is 0.367. The minimum Gasteiger partial charge on any atom is -0.511 e. The number of aliphatic hydroxyl groups is 1. The lowest BCUT2D eigenvalue weighted by Gasteiger charge is -2.10. The zero-order valence-electron chi connectivity index (χ0n) is 14.4. The third-order valence-electron chi connectivity index (χ3n) is 4.15. The van der Waals surface area contributed by atoms with Gasteiger partial charge in [0.15, 0.2) is 0 Å². The maximum Gasteiger partial charge on any atom is 0.217 e. The average molecular weight is 325 g/mol. The maximum atomic E-state index is 10.0. The zero-order chi connectivity index (χ0) is 17.1. The van der Waals surface area contributed by atoms with Crippen LogP contribution in [0.4, 0.5) is 0 Å². The largest absolute Gasteiger partial charge is 0.511 e. The van der Waals surface area contributed by atoms with Crippen LogP contribution in [0.15, 0.2) is 42.4 Å². The summed E-state index contributed by atoms with van der Waals surface area (Å²) in [5, 5.41) is 10.0.